The molecule has 0 atom stereocenters. The first-order valence-electron chi connectivity index (χ1n) is 8.28. The van der Waals surface area contributed by atoms with Crippen molar-refractivity contribution in [3.63, 3.8) is 0 Å². The molecule has 0 radical (unpaired) electrons. The Morgan fingerprint density at radius 1 is 1.22 bits per heavy atom. The molecule has 2 aromatic carbocycles. The Kier molecular flexibility index (Phi) is 3.64. The van der Waals surface area contributed by atoms with Crippen LogP contribution in [-0.2, 0) is 5.75 Å². The van der Waals surface area contributed by atoms with Crippen LogP contribution in [0.4, 0.5) is 0 Å². The Morgan fingerprint density at radius 2 is 2.11 bits per heavy atom. The van der Waals surface area contributed by atoms with E-state index in [0.717, 1.165) is 27.1 Å². The van der Waals surface area contributed by atoms with Gasteiger partial charge in [-0.25, -0.2) is 14.9 Å². The maximum Gasteiger partial charge on any atom is 0.336 e. The summed E-state index contributed by atoms with van der Waals surface area (Å²) in [6, 6.07) is 14.9. The van der Waals surface area contributed by atoms with Gasteiger partial charge in [-0.15, -0.1) is 5.10 Å². The fraction of sp³-hybridized carbons (Fsp3) is 0.105. The molecule has 0 spiro atoms. The minimum absolute atomic E-state index is 0.383. The van der Waals surface area contributed by atoms with E-state index in [9.17, 15) is 4.79 Å². The van der Waals surface area contributed by atoms with E-state index in [1.54, 1.807) is 13.2 Å². The van der Waals surface area contributed by atoms with E-state index in [0.29, 0.717) is 22.9 Å². The number of hydrogen-bond donors (Lipinski definition) is 1. The van der Waals surface area contributed by atoms with Gasteiger partial charge in [0.2, 0.25) is 5.78 Å². The van der Waals surface area contributed by atoms with Crippen LogP contribution in [0.1, 0.15) is 5.56 Å². The van der Waals surface area contributed by atoms with E-state index in [2.05, 4.69) is 15.2 Å². The minimum atomic E-state index is -0.383. The zero-order valence-electron chi connectivity index (χ0n) is 14.3. The van der Waals surface area contributed by atoms with Gasteiger partial charge in [0.25, 0.3) is 0 Å². The molecule has 134 valence electrons. The number of rotatable bonds is 4. The van der Waals surface area contributed by atoms with Crippen molar-refractivity contribution in [1.29, 1.82) is 0 Å². The van der Waals surface area contributed by atoms with Crippen molar-refractivity contribution in [1.82, 2.24) is 19.6 Å². The summed E-state index contributed by atoms with van der Waals surface area (Å²) < 4.78 is 12.5. The van der Waals surface area contributed by atoms with Crippen LogP contribution in [0, 0.1) is 0 Å². The largest absolute Gasteiger partial charge is 0.497 e. The molecular formula is C19H14N4O3S. The summed E-state index contributed by atoms with van der Waals surface area (Å²) in [4.78, 5) is 16.5. The van der Waals surface area contributed by atoms with Crippen molar-refractivity contribution < 1.29 is 9.15 Å². The molecule has 5 rings (SSSR count). The second kappa shape index (κ2) is 6.17. The second-order valence-electron chi connectivity index (χ2n) is 6.01. The standard InChI is InChI=1S/C19H14N4O3S/c1-25-12-6-7-13-11(8-17(24)26-16(13)9-12)10-27-19-22-21-18-20-14-4-2-3-5-15(14)23(18)19/h2-9H,10H2,1H3,(H,20,21). The fourth-order valence-electron chi connectivity index (χ4n) is 3.14. The molecule has 8 heteroatoms. The number of benzene rings is 2. The Morgan fingerprint density at radius 3 is 3.00 bits per heavy atom. The molecule has 5 aromatic rings. The number of imidazole rings is 1. The SMILES string of the molecule is COc1ccc2c(CSc3n[nH]c4nc5ccccc5n34)cc(=O)oc2c1. The van der Waals surface area contributed by atoms with Crippen LogP contribution in [0.2, 0.25) is 0 Å². The molecule has 1 N–H and O–H groups in total. The lowest BCUT2D eigenvalue weighted by atomic mass is 10.1. The molecule has 0 saturated heterocycles. The van der Waals surface area contributed by atoms with Gasteiger partial charge >= 0.3 is 5.63 Å². The quantitative estimate of drug-likeness (QED) is 0.380. The van der Waals surface area contributed by atoms with Gasteiger partial charge in [0.05, 0.1) is 18.1 Å². The number of methoxy groups -OCH3 is 1. The number of aromatic nitrogens is 4. The maximum atomic E-state index is 12.0. The fourth-order valence-corrected chi connectivity index (χ4v) is 4.09. The molecular weight excluding hydrogens is 364 g/mol. The van der Waals surface area contributed by atoms with E-state index in [-0.39, 0.29) is 5.63 Å². The molecule has 3 heterocycles. The molecule has 0 aliphatic carbocycles. The number of thioether (sulfide) groups is 1. The molecule has 0 fully saturated rings. The van der Waals surface area contributed by atoms with Gasteiger partial charge in [-0.2, -0.15) is 0 Å². The third kappa shape index (κ3) is 2.65. The van der Waals surface area contributed by atoms with E-state index >= 15 is 0 Å². The number of nitrogens with zero attached hydrogens (tertiary/aromatic N) is 3. The summed E-state index contributed by atoms with van der Waals surface area (Å²) in [6.07, 6.45) is 0. The van der Waals surface area contributed by atoms with Crippen LogP contribution in [0.15, 0.2) is 62.9 Å². The van der Waals surface area contributed by atoms with Crippen LogP contribution in [0.5, 0.6) is 5.75 Å². The average molecular weight is 378 g/mol. The number of ether oxygens (including phenoxy) is 1. The second-order valence-corrected chi connectivity index (χ2v) is 6.95. The first kappa shape index (κ1) is 16.0. The zero-order valence-corrected chi connectivity index (χ0v) is 15.1. The van der Waals surface area contributed by atoms with Crippen LogP contribution >= 0.6 is 11.8 Å². The summed E-state index contributed by atoms with van der Waals surface area (Å²) in [5.41, 5.74) is 2.91. The van der Waals surface area contributed by atoms with Crippen molar-refractivity contribution in [2.24, 2.45) is 0 Å². The van der Waals surface area contributed by atoms with Crippen molar-refractivity contribution in [2.45, 2.75) is 10.9 Å². The lowest BCUT2D eigenvalue weighted by Gasteiger charge is -2.06. The maximum absolute atomic E-state index is 12.0. The number of H-pyrrole nitrogens is 1. The van der Waals surface area contributed by atoms with E-state index < -0.39 is 0 Å². The highest BCUT2D eigenvalue weighted by atomic mass is 32.2. The van der Waals surface area contributed by atoms with Gasteiger partial charge in [0, 0.05) is 23.3 Å². The molecule has 0 bridgehead atoms. The number of fused-ring (bicyclic) bond motifs is 4. The number of hydrogen-bond acceptors (Lipinski definition) is 6. The lowest BCUT2D eigenvalue weighted by molar-refractivity contribution is 0.414. The molecule has 3 aromatic heterocycles. The number of para-hydroxylation sites is 2. The number of nitrogens with one attached hydrogen (secondary N) is 1. The molecule has 0 unspecified atom stereocenters. The molecule has 0 saturated carbocycles. The topological polar surface area (TPSA) is 85.4 Å². The van der Waals surface area contributed by atoms with Crippen LogP contribution < -0.4 is 10.4 Å². The van der Waals surface area contributed by atoms with Gasteiger partial charge in [-0.05, 0) is 29.8 Å². The van der Waals surface area contributed by atoms with E-state index in [1.165, 1.54) is 17.8 Å². The zero-order chi connectivity index (χ0) is 18.4. The normalized spacial score (nSPS) is 11.6. The highest BCUT2D eigenvalue weighted by Gasteiger charge is 2.13. The summed E-state index contributed by atoms with van der Waals surface area (Å²) in [5, 5.41) is 8.99. The third-order valence-electron chi connectivity index (χ3n) is 4.40. The molecule has 7 nitrogen and oxygen atoms in total. The highest BCUT2D eigenvalue weighted by Crippen LogP contribution is 2.29. The van der Waals surface area contributed by atoms with Crippen molar-refractivity contribution >= 4 is 39.5 Å². The Bertz CT molecular complexity index is 1350. The van der Waals surface area contributed by atoms with Gasteiger partial charge in [-0.1, -0.05) is 23.9 Å². The third-order valence-corrected chi connectivity index (χ3v) is 5.39. The molecule has 0 aliphatic rings. The average Bonchev–Trinajstić information content (AvgIpc) is 3.24. The minimum Gasteiger partial charge on any atom is -0.497 e. The molecule has 0 aliphatic heterocycles. The monoisotopic (exact) mass is 378 g/mol. The van der Waals surface area contributed by atoms with Gasteiger partial charge in [0.1, 0.15) is 11.3 Å². The first-order chi connectivity index (χ1) is 13.2. The van der Waals surface area contributed by atoms with Crippen molar-refractivity contribution in [3.8, 4) is 5.75 Å². The smallest absolute Gasteiger partial charge is 0.336 e. The predicted molar refractivity (Wildman–Crippen MR) is 103 cm³/mol. The van der Waals surface area contributed by atoms with Crippen LogP contribution in [0.25, 0.3) is 27.8 Å². The summed E-state index contributed by atoms with van der Waals surface area (Å²) in [5.74, 6) is 1.91. The number of aromatic amines is 1. The summed E-state index contributed by atoms with van der Waals surface area (Å²) in [7, 11) is 1.58. The van der Waals surface area contributed by atoms with Crippen LogP contribution in [0.3, 0.4) is 0 Å². The Labute approximate surface area is 157 Å². The van der Waals surface area contributed by atoms with Gasteiger partial charge in [0.15, 0.2) is 5.16 Å². The summed E-state index contributed by atoms with van der Waals surface area (Å²) >= 11 is 1.53. The highest BCUT2D eigenvalue weighted by molar-refractivity contribution is 7.98. The lowest BCUT2D eigenvalue weighted by Crippen LogP contribution is -2.00. The molecule has 0 amide bonds. The van der Waals surface area contributed by atoms with Crippen molar-refractivity contribution in [3.05, 3.63) is 64.5 Å². The Hall–Kier alpha value is -3.26. The van der Waals surface area contributed by atoms with Gasteiger partial charge in [-0.3, -0.25) is 4.40 Å². The van der Waals surface area contributed by atoms with Gasteiger partial charge < -0.3 is 9.15 Å². The van der Waals surface area contributed by atoms with Crippen LogP contribution in [-0.4, -0.2) is 26.7 Å². The van der Waals surface area contributed by atoms with E-state index in [4.69, 9.17) is 9.15 Å². The van der Waals surface area contributed by atoms with Crippen molar-refractivity contribution in [2.75, 3.05) is 7.11 Å². The summed E-state index contributed by atoms with van der Waals surface area (Å²) in [6.45, 7) is 0. The predicted octanol–water partition coefficient (Wildman–Crippen LogP) is 3.62. The Balaban J connectivity index is 1.55. The molecule has 27 heavy (non-hydrogen) atoms. The van der Waals surface area contributed by atoms with E-state index in [1.807, 2.05) is 40.8 Å². The first-order valence-corrected chi connectivity index (χ1v) is 9.26.